The van der Waals surface area contributed by atoms with Gasteiger partial charge in [0.05, 0.1) is 16.4 Å². The number of halogens is 1. The molecule has 22 heavy (non-hydrogen) atoms. The Morgan fingerprint density at radius 2 is 1.86 bits per heavy atom. The van der Waals surface area contributed by atoms with Crippen LogP contribution in [0.2, 0.25) is 5.02 Å². The number of aromatic nitrogens is 3. The molecule has 1 heterocycles. The molecule has 3 rings (SSSR count). The molecule has 5 nitrogen and oxygen atoms in total. The zero-order valence-electron chi connectivity index (χ0n) is 11.8. The van der Waals surface area contributed by atoms with Crippen LogP contribution in [0.3, 0.4) is 0 Å². The Morgan fingerprint density at radius 3 is 2.59 bits per heavy atom. The van der Waals surface area contributed by atoms with Crippen molar-refractivity contribution in [2.24, 2.45) is 0 Å². The van der Waals surface area contributed by atoms with Crippen LogP contribution in [0.15, 0.2) is 54.9 Å². The molecule has 0 radical (unpaired) electrons. The van der Waals surface area contributed by atoms with Crippen LogP contribution in [0, 0.1) is 6.92 Å². The molecule has 0 aliphatic heterocycles. The van der Waals surface area contributed by atoms with E-state index in [1.807, 2.05) is 31.2 Å². The van der Waals surface area contributed by atoms with E-state index in [-0.39, 0.29) is 5.82 Å². The van der Waals surface area contributed by atoms with Gasteiger partial charge in [0.2, 0.25) is 5.82 Å². The van der Waals surface area contributed by atoms with Crippen LogP contribution in [-0.2, 0) is 0 Å². The second-order valence-electron chi connectivity index (χ2n) is 4.78. The summed E-state index contributed by atoms with van der Waals surface area (Å²) in [5, 5.41) is 7.34. The lowest BCUT2D eigenvalue weighted by molar-refractivity contribution is 0.101. The first-order valence-electron chi connectivity index (χ1n) is 6.68. The maximum Gasteiger partial charge on any atom is 0.295 e. The number of nitrogens with one attached hydrogen (secondary N) is 1. The first-order chi connectivity index (χ1) is 10.6. The fourth-order valence-electron chi connectivity index (χ4n) is 1.93. The summed E-state index contributed by atoms with van der Waals surface area (Å²) in [6, 6.07) is 14.8. The summed E-state index contributed by atoms with van der Waals surface area (Å²) in [6.45, 7) is 2.01. The highest BCUT2D eigenvalue weighted by Gasteiger charge is 2.13. The monoisotopic (exact) mass is 312 g/mol. The van der Waals surface area contributed by atoms with Crippen LogP contribution in [0.4, 0.5) is 5.69 Å². The molecule has 0 unspecified atom stereocenters. The Morgan fingerprint density at radius 1 is 1.14 bits per heavy atom. The fraction of sp³-hybridized carbons (Fsp3) is 0.0625. The molecular weight excluding hydrogens is 300 g/mol. The average molecular weight is 313 g/mol. The van der Waals surface area contributed by atoms with Crippen molar-refractivity contribution in [2.75, 3.05) is 5.32 Å². The number of benzene rings is 2. The van der Waals surface area contributed by atoms with Crippen LogP contribution < -0.4 is 5.32 Å². The lowest BCUT2D eigenvalue weighted by Gasteiger charge is -2.04. The molecule has 1 N–H and O–H groups in total. The Hall–Kier alpha value is -2.66. The SMILES string of the molecule is Cc1ccc(-n2cnc(C(=O)Nc3ccccc3Cl)n2)cc1. The van der Waals surface area contributed by atoms with Gasteiger partial charge in [-0.3, -0.25) is 4.79 Å². The second kappa shape index (κ2) is 5.99. The van der Waals surface area contributed by atoms with Crippen LogP contribution in [0.5, 0.6) is 0 Å². The summed E-state index contributed by atoms with van der Waals surface area (Å²) < 4.78 is 1.56. The standard InChI is InChI=1S/C16H13ClN4O/c1-11-6-8-12(9-7-11)21-10-18-15(20-21)16(22)19-14-5-3-2-4-13(14)17/h2-10H,1H3,(H,19,22). The van der Waals surface area contributed by atoms with Gasteiger partial charge in [-0.1, -0.05) is 41.4 Å². The van der Waals surface area contributed by atoms with Crippen molar-refractivity contribution in [3.63, 3.8) is 0 Å². The molecule has 2 aromatic carbocycles. The molecule has 0 aliphatic rings. The third-order valence-corrected chi connectivity index (χ3v) is 3.45. The number of rotatable bonds is 3. The minimum atomic E-state index is -0.404. The summed E-state index contributed by atoms with van der Waals surface area (Å²) in [7, 11) is 0. The average Bonchev–Trinajstić information content (AvgIpc) is 3.00. The molecule has 0 atom stereocenters. The van der Waals surface area contributed by atoms with E-state index in [0.29, 0.717) is 10.7 Å². The molecule has 0 fully saturated rings. The first kappa shape index (κ1) is 14.3. The normalized spacial score (nSPS) is 10.5. The maximum atomic E-state index is 12.2. The third kappa shape index (κ3) is 2.99. The minimum Gasteiger partial charge on any atom is -0.318 e. The molecule has 1 aromatic heterocycles. The van der Waals surface area contributed by atoms with Gasteiger partial charge in [-0.2, -0.15) is 0 Å². The van der Waals surface area contributed by atoms with Crippen molar-refractivity contribution in [1.29, 1.82) is 0 Å². The molecule has 0 aliphatic carbocycles. The number of aryl methyl sites for hydroxylation is 1. The number of para-hydroxylation sites is 1. The fourth-order valence-corrected chi connectivity index (χ4v) is 2.11. The van der Waals surface area contributed by atoms with Gasteiger partial charge in [0.25, 0.3) is 5.91 Å². The zero-order chi connectivity index (χ0) is 15.5. The molecular formula is C16H13ClN4O. The highest BCUT2D eigenvalue weighted by molar-refractivity contribution is 6.33. The van der Waals surface area contributed by atoms with Gasteiger partial charge in [-0.15, -0.1) is 5.10 Å². The predicted molar refractivity (Wildman–Crippen MR) is 85.5 cm³/mol. The van der Waals surface area contributed by atoms with Gasteiger partial charge in [-0.25, -0.2) is 9.67 Å². The van der Waals surface area contributed by atoms with Gasteiger partial charge in [0, 0.05) is 0 Å². The summed E-state index contributed by atoms with van der Waals surface area (Å²) in [5.74, 6) is -0.320. The number of hydrogen-bond donors (Lipinski definition) is 1. The zero-order valence-corrected chi connectivity index (χ0v) is 12.6. The predicted octanol–water partition coefficient (Wildman–Crippen LogP) is 3.48. The highest BCUT2D eigenvalue weighted by atomic mass is 35.5. The Balaban J connectivity index is 1.80. The van der Waals surface area contributed by atoms with Crippen LogP contribution in [0.25, 0.3) is 5.69 Å². The van der Waals surface area contributed by atoms with E-state index in [1.54, 1.807) is 28.9 Å². The molecule has 0 saturated carbocycles. The van der Waals surface area contributed by atoms with Crippen molar-refractivity contribution < 1.29 is 4.79 Å². The Bertz CT molecular complexity index is 811. The lowest BCUT2D eigenvalue weighted by Crippen LogP contribution is -2.14. The minimum absolute atomic E-state index is 0.0838. The van der Waals surface area contributed by atoms with Gasteiger partial charge in [0.15, 0.2) is 0 Å². The van der Waals surface area contributed by atoms with E-state index in [1.165, 1.54) is 6.33 Å². The van der Waals surface area contributed by atoms with E-state index in [0.717, 1.165) is 11.3 Å². The topological polar surface area (TPSA) is 59.8 Å². The summed E-state index contributed by atoms with van der Waals surface area (Å²) in [6.07, 6.45) is 1.51. The van der Waals surface area contributed by atoms with Gasteiger partial charge < -0.3 is 5.32 Å². The van der Waals surface area contributed by atoms with E-state index in [4.69, 9.17) is 11.6 Å². The number of carbonyl (C=O) groups is 1. The molecule has 0 saturated heterocycles. The summed E-state index contributed by atoms with van der Waals surface area (Å²) in [5.41, 5.74) is 2.52. The van der Waals surface area contributed by atoms with Gasteiger partial charge in [0.1, 0.15) is 6.33 Å². The quantitative estimate of drug-likeness (QED) is 0.805. The molecule has 1 amide bonds. The Kier molecular flexibility index (Phi) is 3.89. The highest BCUT2D eigenvalue weighted by Crippen LogP contribution is 2.20. The number of amides is 1. The van der Waals surface area contributed by atoms with Gasteiger partial charge >= 0.3 is 0 Å². The van der Waals surface area contributed by atoms with Crippen molar-refractivity contribution in [1.82, 2.24) is 14.8 Å². The molecule has 110 valence electrons. The second-order valence-corrected chi connectivity index (χ2v) is 5.19. The largest absolute Gasteiger partial charge is 0.318 e. The molecule has 6 heteroatoms. The number of nitrogens with zero attached hydrogens (tertiary/aromatic N) is 3. The summed E-state index contributed by atoms with van der Waals surface area (Å²) in [4.78, 5) is 16.2. The van der Waals surface area contributed by atoms with Crippen molar-refractivity contribution >= 4 is 23.2 Å². The van der Waals surface area contributed by atoms with Crippen molar-refractivity contribution in [3.05, 3.63) is 71.3 Å². The lowest BCUT2D eigenvalue weighted by atomic mass is 10.2. The van der Waals surface area contributed by atoms with Crippen LogP contribution in [0.1, 0.15) is 16.2 Å². The molecule has 0 bridgehead atoms. The van der Waals surface area contributed by atoms with E-state index in [2.05, 4.69) is 15.4 Å². The molecule has 0 spiro atoms. The van der Waals surface area contributed by atoms with E-state index >= 15 is 0 Å². The number of anilines is 1. The first-order valence-corrected chi connectivity index (χ1v) is 7.06. The van der Waals surface area contributed by atoms with Crippen molar-refractivity contribution in [2.45, 2.75) is 6.92 Å². The maximum absolute atomic E-state index is 12.2. The van der Waals surface area contributed by atoms with Crippen molar-refractivity contribution in [3.8, 4) is 5.69 Å². The summed E-state index contributed by atoms with van der Waals surface area (Å²) >= 11 is 6.01. The van der Waals surface area contributed by atoms with Crippen LogP contribution >= 0.6 is 11.6 Å². The Labute approximate surface area is 132 Å². The smallest absolute Gasteiger partial charge is 0.295 e. The number of hydrogen-bond acceptors (Lipinski definition) is 3. The third-order valence-electron chi connectivity index (χ3n) is 3.12. The van der Waals surface area contributed by atoms with Crippen LogP contribution in [-0.4, -0.2) is 20.7 Å². The van der Waals surface area contributed by atoms with E-state index < -0.39 is 5.91 Å². The van der Waals surface area contributed by atoms with E-state index in [9.17, 15) is 4.79 Å². The van der Waals surface area contributed by atoms with Gasteiger partial charge in [-0.05, 0) is 31.2 Å². The number of carbonyl (C=O) groups excluding carboxylic acids is 1. The molecule has 3 aromatic rings.